The van der Waals surface area contributed by atoms with Crippen LogP contribution in [0.5, 0.6) is 0 Å². The van der Waals surface area contributed by atoms with E-state index in [1.165, 1.54) is 18.4 Å². The van der Waals surface area contributed by atoms with Gasteiger partial charge in [-0.15, -0.1) is 0 Å². The van der Waals surface area contributed by atoms with Gasteiger partial charge in [-0.1, -0.05) is 43.2 Å². The van der Waals surface area contributed by atoms with Crippen molar-refractivity contribution >= 4 is 23.7 Å². The van der Waals surface area contributed by atoms with E-state index in [0.717, 1.165) is 18.6 Å². The molecule has 1 aliphatic rings. The summed E-state index contributed by atoms with van der Waals surface area (Å²) >= 11 is 1.64. The van der Waals surface area contributed by atoms with Crippen molar-refractivity contribution in [2.24, 2.45) is 5.73 Å². The van der Waals surface area contributed by atoms with Crippen molar-refractivity contribution in [2.75, 3.05) is 18.6 Å². The van der Waals surface area contributed by atoms with Gasteiger partial charge >= 0.3 is 6.03 Å². The Morgan fingerprint density at radius 3 is 2.50 bits per heavy atom. The second kappa shape index (κ2) is 8.97. The van der Waals surface area contributed by atoms with Crippen molar-refractivity contribution in [3.05, 3.63) is 35.9 Å². The van der Waals surface area contributed by atoms with Crippen molar-refractivity contribution in [2.45, 2.75) is 43.6 Å². The Morgan fingerprint density at radius 2 is 1.92 bits per heavy atom. The highest BCUT2D eigenvalue weighted by Crippen LogP contribution is 2.40. The zero-order valence-electron chi connectivity index (χ0n) is 14.2. The van der Waals surface area contributed by atoms with Crippen LogP contribution in [0.4, 0.5) is 4.79 Å². The smallest absolute Gasteiger partial charge is 0.312 e. The Labute approximate surface area is 148 Å². The molecule has 0 aliphatic heterocycles. The van der Waals surface area contributed by atoms with Crippen molar-refractivity contribution in [1.82, 2.24) is 10.6 Å². The maximum absolute atomic E-state index is 12.5. The van der Waals surface area contributed by atoms with E-state index in [-0.39, 0.29) is 11.3 Å². The fourth-order valence-electron chi connectivity index (χ4n) is 3.47. The van der Waals surface area contributed by atoms with Crippen LogP contribution in [0.25, 0.3) is 0 Å². The van der Waals surface area contributed by atoms with E-state index in [1.54, 1.807) is 11.8 Å². The molecular weight excluding hydrogens is 322 g/mol. The van der Waals surface area contributed by atoms with Gasteiger partial charge in [-0.25, -0.2) is 4.79 Å². The molecule has 2 rings (SSSR count). The highest BCUT2D eigenvalue weighted by molar-refractivity contribution is 7.98. The lowest BCUT2D eigenvalue weighted by Crippen LogP contribution is -2.51. The van der Waals surface area contributed by atoms with Gasteiger partial charge in [0.2, 0.25) is 5.91 Å². The van der Waals surface area contributed by atoms with Gasteiger partial charge in [0, 0.05) is 12.0 Å². The fourth-order valence-corrected chi connectivity index (χ4v) is 3.94. The molecule has 1 fully saturated rings. The van der Waals surface area contributed by atoms with E-state index >= 15 is 0 Å². The van der Waals surface area contributed by atoms with Gasteiger partial charge < -0.3 is 16.4 Å². The van der Waals surface area contributed by atoms with E-state index < -0.39 is 12.1 Å². The van der Waals surface area contributed by atoms with Crippen LogP contribution in [0, 0.1) is 0 Å². The zero-order chi connectivity index (χ0) is 17.4. The van der Waals surface area contributed by atoms with Crippen LogP contribution in [0.3, 0.4) is 0 Å². The number of carbonyl (C=O) groups is 2. The summed E-state index contributed by atoms with van der Waals surface area (Å²) in [4.78, 5) is 23.7. The summed E-state index contributed by atoms with van der Waals surface area (Å²) in [6.45, 7) is 0.603. The van der Waals surface area contributed by atoms with Crippen molar-refractivity contribution < 1.29 is 9.59 Å². The molecule has 0 aromatic heterocycles. The number of thioether (sulfide) groups is 1. The minimum Gasteiger partial charge on any atom is -0.353 e. The molecule has 1 aliphatic carbocycles. The SMILES string of the molecule is CSCC[C@H](NC(N)=O)C(=O)NCC1(c2ccccc2)CCCC1. The lowest BCUT2D eigenvalue weighted by Gasteiger charge is -2.31. The number of rotatable bonds is 8. The Morgan fingerprint density at radius 1 is 1.25 bits per heavy atom. The average molecular weight is 350 g/mol. The second-order valence-electron chi connectivity index (χ2n) is 6.41. The summed E-state index contributed by atoms with van der Waals surface area (Å²) in [5, 5.41) is 5.62. The van der Waals surface area contributed by atoms with Gasteiger partial charge in [0.15, 0.2) is 0 Å². The van der Waals surface area contributed by atoms with Gasteiger partial charge in [-0.2, -0.15) is 11.8 Å². The summed E-state index contributed by atoms with van der Waals surface area (Å²) in [5.41, 5.74) is 6.49. The molecule has 5 nitrogen and oxygen atoms in total. The number of nitrogens with one attached hydrogen (secondary N) is 2. The van der Waals surface area contributed by atoms with Crippen LogP contribution in [0.2, 0.25) is 0 Å². The summed E-state index contributed by atoms with van der Waals surface area (Å²) < 4.78 is 0. The third kappa shape index (κ3) is 4.90. The van der Waals surface area contributed by atoms with Gasteiger partial charge in [0.1, 0.15) is 6.04 Å². The molecule has 6 heteroatoms. The van der Waals surface area contributed by atoms with Crippen LogP contribution >= 0.6 is 11.8 Å². The van der Waals surface area contributed by atoms with Crippen LogP contribution in [-0.2, 0) is 10.2 Å². The first-order valence-electron chi connectivity index (χ1n) is 8.45. The summed E-state index contributed by atoms with van der Waals surface area (Å²) in [6, 6.07) is 9.17. The minimum absolute atomic E-state index is 0.00764. The molecular formula is C18H27N3O2S. The lowest BCUT2D eigenvalue weighted by atomic mass is 9.79. The highest BCUT2D eigenvalue weighted by Gasteiger charge is 2.36. The fraction of sp³-hybridized carbons (Fsp3) is 0.556. The summed E-state index contributed by atoms with van der Waals surface area (Å²) in [7, 11) is 0. The zero-order valence-corrected chi connectivity index (χ0v) is 15.0. The molecule has 0 unspecified atom stereocenters. The van der Waals surface area contributed by atoms with Gasteiger partial charge in [0.25, 0.3) is 0 Å². The third-order valence-corrected chi connectivity index (χ3v) is 5.44. The van der Waals surface area contributed by atoms with Gasteiger partial charge in [-0.3, -0.25) is 4.79 Å². The predicted octanol–water partition coefficient (Wildman–Crippen LogP) is 2.40. The first kappa shape index (κ1) is 18.6. The largest absolute Gasteiger partial charge is 0.353 e. The Kier molecular flexibility index (Phi) is 6.97. The average Bonchev–Trinajstić information content (AvgIpc) is 3.07. The van der Waals surface area contributed by atoms with Crippen LogP contribution in [0.15, 0.2) is 30.3 Å². The topological polar surface area (TPSA) is 84.2 Å². The molecule has 3 amide bonds. The summed E-state index contributed by atoms with van der Waals surface area (Å²) in [6.07, 6.45) is 7.07. The number of amides is 3. The van der Waals surface area contributed by atoms with E-state index in [9.17, 15) is 9.59 Å². The molecule has 0 heterocycles. The van der Waals surface area contributed by atoms with E-state index in [1.807, 2.05) is 24.5 Å². The Bertz CT molecular complexity index is 544. The Hall–Kier alpha value is -1.69. The predicted molar refractivity (Wildman–Crippen MR) is 99.1 cm³/mol. The molecule has 0 saturated heterocycles. The number of hydrogen-bond donors (Lipinski definition) is 3. The number of urea groups is 1. The molecule has 1 aromatic carbocycles. The molecule has 0 bridgehead atoms. The van der Waals surface area contributed by atoms with Crippen LogP contribution < -0.4 is 16.4 Å². The minimum atomic E-state index is -0.658. The van der Waals surface area contributed by atoms with E-state index in [2.05, 4.69) is 22.8 Å². The highest BCUT2D eigenvalue weighted by atomic mass is 32.2. The lowest BCUT2D eigenvalue weighted by molar-refractivity contribution is -0.123. The van der Waals surface area contributed by atoms with Crippen LogP contribution in [0.1, 0.15) is 37.7 Å². The number of benzene rings is 1. The second-order valence-corrected chi connectivity index (χ2v) is 7.40. The molecule has 1 saturated carbocycles. The van der Waals surface area contributed by atoms with Crippen LogP contribution in [-0.4, -0.2) is 36.5 Å². The summed E-state index contributed by atoms with van der Waals surface area (Å²) in [5.74, 6) is 0.646. The molecule has 0 spiro atoms. The first-order valence-corrected chi connectivity index (χ1v) is 9.85. The molecule has 132 valence electrons. The third-order valence-electron chi connectivity index (χ3n) is 4.79. The monoisotopic (exact) mass is 349 g/mol. The van der Waals surface area contributed by atoms with Crippen molar-refractivity contribution in [3.8, 4) is 0 Å². The van der Waals surface area contributed by atoms with Gasteiger partial charge in [0.05, 0.1) is 0 Å². The number of primary amides is 1. The quantitative estimate of drug-likeness (QED) is 0.674. The van der Waals surface area contributed by atoms with Crippen molar-refractivity contribution in [3.63, 3.8) is 0 Å². The molecule has 24 heavy (non-hydrogen) atoms. The Balaban J connectivity index is 2.02. The normalized spacial score (nSPS) is 17.2. The number of carbonyl (C=O) groups excluding carboxylic acids is 2. The maximum atomic E-state index is 12.5. The van der Waals surface area contributed by atoms with E-state index in [0.29, 0.717) is 13.0 Å². The first-order chi connectivity index (χ1) is 11.6. The van der Waals surface area contributed by atoms with Crippen molar-refractivity contribution in [1.29, 1.82) is 0 Å². The number of hydrogen-bond acceptors (Lipinski definition) is 3. The standard InChI is InChI=1S/C18H27N3O2S/c1-24-12-9-15(21-17(19)23)16(22)20-13-18(10-5-6-11-18)14-7-3-2-4-8-14/h2-4,7-8,15H,5-6,9-13H2,1H3,(H,20,22)(H3,19,21,23)/t15-/m0/s1. The van der Waals surface area contributed by atoms with Gasteiger partial charge in [-0.05, 0) is 36.8 Å². The van der Waals surface area contributed by atoms with E-state index in [4.69, 9.17) is 5.73 Å². The maximum Gasteiger partial charge on any atom is 0.312 e. The molecule has 1 aromatic rings. The number of nitrogens with two attached hydrogens (primary N) is 1. The molecule has 4 N–H and O–H groups in total. The molecule has 0 radical (unpaired) electrons. The molecule has 1 atom stereocenters.